The van der Waals surface area contributed by atoms with Crippen LogP contribution in [0, 0.1) is 10.1 Å². The molecule has 0 spiro atoms. The number of alkyl halides is 3. The highest BCUT2D eigenvalue weighted by Crippen LogP contribution is 2.47. The highest BCUT2D eigenvalue weighted by molar-refractivity contribution is 7.99. The molecule has 0 amide bonds. The number of aliphatic hydroxyl groups excluding tert-OH is 1. The van der Waals surface area contributed by atoms with Crippen LogP contribution in [0.1, 0.15) is 33.5 Å². The molecule has 12 heteroatoms. The molecule has 2 aliphatic heterocycles. The number of piperazine rings is 1. The van der Waals surface area contributed by atoms with Crippen molar-refractivity contribution in [2.75, 3.05) is 45.9 Å². The number of carboxylic acids is 1. The van der Waals surface area contributed by atoms with E-state index in [2.05, 4.69) is 15.9 Å². The third-order valence-corrected chi connectivity index (χ3v) is 8.15. The summed E-state index contributed by atoms with van der Waals surface area (Å²) in [6.07, 6.45) is -1.47. The predicted octanol–water partition coefficient (Wildman–Crippen LogP) is 5.89. The Morgan fingerprint density at radius 1 is 0.929 bits per heavy atom. The van der Waals surface area contributed by atoms with Gasteiger partial charge in [0.1, 0.15) is 0 Å². The standard InChI is InChI=1S/C23H25F3N2OS.C7H5NO4/c24-23(25,26)17-7-8-22-20(16-17)18(19-4-1-2-6-21(19)30-22)5-3-9-27-10-12-28(13-11-27)14-15-29;9-7(10)5-1-3-6(4-2-5)8(11)12/h1-2,4-8,16,29H,3,9-15H2;1-4H,(H,9,10)/b18-5-;. The highest BCUT2D eigenvalue weighted by Gasteiger charge is 2.32. The van der Waals surface area contributed by atoms with Gasteiger partial charge in [-0.2, -0.15) is 13.2 Å². The molecule has 0 aromatic heterocycles. The van der Waals surface area contributed by atoms with Gasteiger partial charge in [0.15, 0.2) is 0 Å². The van der Waals surface area contributed by atoms with Crippen molar-refractivity contribution in [2.24, 2.45) is 0 Å². The molecule has 2 N–H and O–H groups in total. The van der Waals surface area contributed by atoms with Crippen LogP contribution in [0.3, 0.4) is 0 Å². The second-order valence-electron chi connectivity index (χ2n) is 9.73. The van der Waals surface area contributed by atoms with E-state index in [-0.39, 0.29) is 17.9 Å². The Labute approximate surface area is 245 Å². The van der Waals surface area contributed by atoms with Crippen LogP contribution in [-0.4, -0.2) is 76.8 Å². The van der Waals surface area contributed by atoms with Crippen molar-refractivity contribution in [1.82, 2.24) is 9.80 Å². The molecular weight excluding hydrogens is 571 g/mol. The van der Waals surface area contributed by atoms with E-state index < -0.39 is 22.6 Å². The Bertz CT molecular complexity index is 1410. The summed E-state index contributed by atoms with van der Waals surface area (Å²) < 4.78 is 39.9. The maximum absolute atomic E-state index is 13.3. The van der Waals surface area contributed by atoms with Crippen molar-refractivity contribution < 1.29 is 33.1 Å². The maximum Gasteiger partial charge on any atom is 0.416 e. The average molecular weight is 602 g/mol. The summed E-state index contributed by atoms with van der Waals surface area (Å²) in [4.78, 5) is 26.4. The number of benzene rings is 3. The van der Waals surface area contributed by atoms with Gasteiger partial charge in [-0.1, -0.05) is 36.0 Å². The number of hydrogen-bond acceptors (Lipinski definition) is 7. The number of nitrogens with zero attached hydrogens (tertiary/aromatic N) is 3. The van der Waals surface area contributed by atoms with Crippen LogP contribution in [-0.2, 0) is 6.18 Å². The van der Waals surface area contributed by atoms with E-state index in [9.17, 15) is 28.1 Å². The summed E-state index contributed by atoms with van der Waals surface area (Å²) in [5.74, 6) is -1.09. The second kappa shape index (κ2) is 14.0. The molecule has 3 aromatic carbocycles. The molecule has 0 radical (unpaired) electrons. The van der Waals surface area contributed by atoms with Crippen molar-refractivity contribution in [3.63, 3.8) is 0 Å². The average Bonchev–Trinajstić information content (AvgIpc) is 2.97. The Kier molecular flexibility index (Phi) is 10.4. The molecule has 222 valence electrons. The first kappa shape index (κ1) is 31.2. The lowest BCUT2D eigenvalue weighted by Crippen LogP contribution is -2.47. The third kappa shape index (κ3) is 7.97. The third-order valence-electron chi connectivity index (χ3n) is 6.99. The summed E-state index contributed by atoms with van der Waals surface area (Å²) in [6.45, 7) is 5.55. The fourth-order valence-corrected chi connectivity index (χ4v) is 5.85. The van der Waals surface area contributed by atoms with Gasteiger partial charge >= 0.3 is 12.1 Å². The molecule has 2 heterocycles. The molecule has 5 rings (SSSR count). The van der Waals surface area contributed by atoms with Crippen molar-refractivity contribution >= 4 is 29.0 Å². The van der Waals surface area contributed by atoms with Gasteiger partial charge in [0.25, 0.3) is 5.69 Å². The fraction of sp³-hybridized carbons (Fsp3) is 0.300. The van der Waals surface area contributed by atoms with Gasteiger partial charge in [0.2, 0.25) is 0 Å². The lowest BCUT2D eigenvalue weighted by atomic mass is 9.94. The van der Waals surface area contributed by atoms with Crippen molar-refractivity contribution in [3.05, 3.63) is 105 Å². The molecule has 0 unspecified atom stereocenters. The predicted molar refractivity (Wildman–Crippen MR) is 154 cm³/mol. The normalized spacial score (nSPS) is 16.2. The Morgan fingerprint density at radius 3 is 2.14 bits per heavy atom. The number of carboxylic acid groups (broad SMARTS) is 1. The second-order valence-corrected chi connectivity index (χ2v) is 10.8. The zero-order valence-corrected chi connectivity index (χ0v) is 23.4. The first-order chi connectivity index (χ1) is 20.1. The lowest BCUT2D eigenvalue weighted by molar-refractivity contribution is -0.384. The minimum atomic E-state index is -4.35. The molecule has 0 aliphatic carbocycles. The van der Waals surface area contributed by atoms with Gasteiger partial charge in [0, 0.05) is 61.2 Å². The minimum absolute atomic E-state index is 0.0422. The van der Waals surface area contributed by atoms with Crippen LogP contribution in [0.2, 0.25) is 0 Å². The number of β-amino-alcohol motifs (C(OH)–C–C–N with tert-alkyl or cyclic N) is 1. The summed E-state index contributed by atoms with van der Waals surface area (Å²) in [7, 11) is 0. The molecule has 0 bridgehead atoms. The maximum atomic E-state index is 13.3. The van der Waals surface area contributed by atoms with Crippen LogP contribution >= 0.6 is 11.8 Å². The van der Waals surface area contributed by atoms with Crippen LogP contribution < -0.4 is 0 Å². The molecule has 2 aliphatic rings. The SMILES string of the molecule is O=C(O)c1ccc([N+](=O)[O-])cc1.OCCN1CCN(CC/C=C2/c3ccccc3Sc3ccc(C(F)(F)F)cc32)CC1. The molecule has 1 saturated heterocycles. The van der Waals surface area contributed by atoms with Crippen LogP contribution in [0.4, 0.5) is 18.9 Å². The van der Waals surface area contributed by atoms with E-state index in [1.165, 1.54) is 36.0 Å². The van der Waals surface area contributed by atoms with Crippen LogP contribution in [0.25, 0.3) is 5.57 Å². The van der Waals surface area contributed by atoms with Gasteiger partial charge < -0.3 is 15.1 Å². The van der Waals surface area contributed by atoms with Gasteiger partial charge in [-0.15, -0.1) is 0 Å². The number of hydrogen-bond donors (Lipinski definition) is 2. The zero-order valence-electron chi connectivity index (χ0n) is 22.6. The monoisotopic (exact) mass is 601 g/mol. The Morgan fingerprint density at radius 2 is 1.55 bits per heavy atom. The Balaban J connectivity index is 0.000000283. The zero-order chi connectivity index (χ0) is 30.3. The topological polar surface area (TPSA) is 107 Å². The number of aromatic carboxylic acids is 1. The van der Waals surface area contributed by atoms with Gasteiger partial charge in [-0.05, 0) is 59.5 Å². The number of carbonyl (C=O) groups is 1. The van der Waals surface area contributed by atoms with E-state index in [4.69, 9.17) is 10.2 Å². The first-order valence-corrected chi connectivity index (χ1v) is 14.1. The first-order valence-electron chi connectivity index (χ1n) is 13.3. The summed E-state index contributed by atoms with van der Waals surface area (Å²) in [6, 6.07) is 16.7. The van der Waals surface area contributed by atoms with Crippen molar-refractivity contribution in [1.29, 1.82) is 0 Å². The largest absolute Gasteiger partial charge is 0.478 e. The van der Waals surface area contributed by atoms with Crippen molar-refractivity contribution in [2.45, 2.75) is 22.4 Å². The molecule has 0 saturated carbocycles. The van der Waals surface area contributed by atoms with Gasteiger partial charge in [-0.3, -0.25) is 15.0 Å². The number of non-ortho nitro benzene ring substituents is 1. The van der Waals surface area contributed by atoms with E-state index in [1.807, 2.05) is 24.3 Å². The molecule has 1 fully saturated rings. The molecule has 3 aromatic rings. The van der Waals surface area contributed by atoms with Gasteiger partial charge in [0.05, 0.1) is 22.7 Å². The van der Waals surface area contributed by atoms with Crippen LogP contribution in [0.5, 0.6) is 0 Å². The fourth-order valence-electron chi connectivity index (χ4n) is 4.76. The Hall–Kier alpha value is -3.71. The minimum Gasteiger partial charge on any atom is -0.478 e. The smallest absolute Gasteiger partial charge is 0.416 e. The van der Waals surface area contributed by atoms with E-state index in [0.717, 1.165) is 72.2 Å². The number of halogens is 3. The molecule has 0 atom stereocenters. The van der Waals surface area contributed by atoms with E-state index >= 15 is 0 Å². The number of nitro groups is 1. The molecule has 42 heavy (non-hydrogen) atoms. The van der Waals surface area contributed by atoms with E-state index in [1.54, 1.807) is 6.07 Å². The number of rotatable bonds is 7. The quantitative estimate of drug-likeness (QED) is 0.199. The molecular formula is C30H30F3N3O5S. The lowest BCUT2D eigenvalue weighted by Gasteiger charge is -2.34. The summed E-state index contributed by atoms with van der Waals surface area (Å²) in [5.41, 5.74) is 1.89. The van der Waals surface area contributed by atoms with Crippen LogP contribution in [0.15, 0.2) is 82.6 Å². The van der Waals surface area contributed by atoms with Gasteiger partial charge in [-0.25, -0.2) is 4.79 Å². The highest BCUT2D eigenvalue weighted by atomic mass is 32.2. The number of fused-ring (bicyclic) bond motifs is 2. The number of aliphatic hydroxyl groups is 1. The summed E-state index contributed by atoms with van der Waals surface area (Å²) >= 11 is 1.53. The molecule has 8 nitrogen and oxygen atoms in total. The summed E-state index contributed by atoms with van der Waals surface area (Å²) in [5, 5.41) is 27.6. The van der Waals surface area contributed by atoms with Crippen molar-refractivity contribution in [3.8, 4) is 0 Å². The number of nitro benzene ring substituents is 1. The van der Waals surface area contributed by atoms with E-state index in [0.29, 0.717) is 12.1 Å².